The Balaban J connectivity index is 2.08. The molecule has 0 aliphatic carbocycles. The van der Waals surface area contributed by atoms with Gasteiger partial charge in [-0.3, -0.25) is 9.59 Å². The van der Waals surface area contributed by atoms with E-state index >= 15 is 0 Å². The molecule has 3 aromatic rings. The van der Waals surface area contributed by atoms with Crippen LogP contribution in [0.1, 0.15) is 15.9 Å². The zero-order valence-corrected chi connectivity index (χ0v) is 12.8. The Labute approximate surface area is 132 Å². The number of nitrogens with one attached hydrogen (secondary N) is 1. The Morgan fingerprint density at radius 1 is 1.17 bits per heavy atom. The number of aromatic nitrogens is 1. The molecule has 23 heavy (non-hydrogen) atoms. The van der Waals surface area contributed by atoms with Gasteiger partial charge in [0.2, 0.25) is 5.43 Å². The van der Waals surface area contributed by atoms with Crippen molar-refractivity contribution in [3.63, 3.8) is 0 Å². The number of carbonyl (C=O) groups is 1. The van der Waals surface area contributed by atoms with Crippen molar-refractivity contribution in [1.29, 1.82) is 0 Å². The van der Waals surface area contributed by atoms with E-state index in [0.29, 0.717) is 5.69 Å². The van der Waals surface area contributed by atoms with Gasteiger partial charge in [0, 0.05) is 24.3 Å². The van der Waals surface area contributed by atoms with Crippen molar-refractivity contribution in [2.45, 2.75) is 6.92 Å². The number of nitrogens with zero attached hydrogens (tertiary/aromatic N) is 1. The summed E-state index contributed by atoms with van der Waals surface area (Å²) in [5.41, 5.74) is 1.28. The maximum atomic E-state index is 13.9. The largest absolute Gasteiger partial charge is 0.347 e. The van der Waals surface area contributed by atoms with Crippen LogP contribution in [0, 0.1) is 12.7 Å². The smallest absolute Gasteiger partial charge is 0.261 e. The summed E-state index contributed by atoms with van der Waals surface area (Å²) >= 11 is 0. The van der Waals surface area contributed by atoms with Crippen molar-refractivity contribution in [2.24, 2.45) is 7.05 Å². The summed E-state index contributed by atoms with van der Waals surface area (Å²) in [6.07, 6.45) is 1.36. The zero-order valence-electron chi connectivity index (χ0n) is 12.8. The number of benzene rings is 2. The van der Waals surface area contributed by atoms with E-state index < -0.39 is 17.2 Å². The lowest BCUT2D eigenvalue weighted by Crippen LogP contribution is -2.23. The Bertz CT molecular complexity index is 976. The molecule has 0 saturated heterocycles. The summed E-state index contributed by atoms with van der Waals surface area (Å²) in [5.74, 6) is -1.00. The van der Waals surface area contributed by atoms with Gasteiger partial charge in [0.1, 0.15) is 11.4 Å². The van der Waals surface area contributed by atoms with Gasteiger partial charge in [-0.1, -0.05) is 18.2 Å². The van der Waals surface area contributed by atoms with Gasteiger partial charge in [-0.05, 0) is 36.8 Å². The molecule has 0 radical (unpaired) electrons. The maximum absolute atomic E-state index is 13.9. The van der Waals surface area contributed by atoms with Crippen LogP contribution in [0.3, 0.4) is 0 Å². The van der Waals surface area contributed by atoms with E-state index in [1.54, 1.807) is 13.1 Å². The van der Waals surface area contributed by atoms with E-state index in [9.17, 15) is 14.0 Å². The fourth-order valence-corrected chi connectivity index (χ4v) is 2.60. The van der Waals surface area contributed by atoms with Gasteiger partial charge >= 0.3 is 0 Å². The Kier molecular flexibility index (Phi) is 3.70. The van der Waals surface area contributed by atoms with E-state index in [1.165, 1.54) is 29.0 Å². The number of aryl methyl sites for hydroxylation is 2. The highest BCUT2D eigenvalue weighted by Gasteiger charge is 2.16. The van der Waals surface area contributed by atoms with Crippen molar-refractivity contribution < 1.29 is 9.18 Å². The Hall–Kier alpha value is -2.95. The molecule has 1 N–H and O–H groups in total. The predicted octanol–water partition coefficient (Wildman–Crippen LogP) is 3.24. The highest BCUT2D eigenvalue weighted by Crippen LogP contribution is 2.16. The average molecular weight is 310 g/mol. The van der Waals surface area contributed by atoms with E-state index in [0.717, 1.165) is 5.56 Å². The highest BCUT2D eigenvalue weighted by molar-refractivity contribution is 6.05. The molecule has 0 atom stereocenters. The standard InChI is InChI=1S/C18H15FN2O2/c1-11-5-3-6-12(9-11)20-18(23)14-10-21(2)16-13(17(14)22)7-4-8-15(16)19/h3-10H,1-2H3,(H,20,23). The Morgan fingerprint density at radius 3 is 2.65 bits per heavy atom. The first-order chi connectivity index (χ1) is 11.0. The van der Waals surface area contributed by atoms with Crippen molar-refractivity contribution in [2.75, 3.05) is 5.32 Å². The molecule has 116 valence electrons. The molecule has 1 amide bonds. The van der Waals surface area contributed by atoms with E-state index in [2.05, 4.69) is 5.32 Å². The summed E-state index contributed by atoms with van der Waals surface area (Å²) < 4.78 is 15.3. The van der Waals surface area contributed by atoms with Crippen LogP contribution in [-0.4, -0.2) is 10.5 Å². The van der Waals surface area contributed by atoms with Crippen LogP contribution in [-0.2, 0) is 7.05 Å². The molecule has 2 aromatic carbocycles. The molecular weight excluding hydrogens is 295 g/mol. The normalized spacial score (nSPS) is 10.7. The van der Waals surface area contributed by atoms with Gasteiger partial charge in [0.05, 0.1) is 5.52 Å². The number of carbonyl (C=O) groups excluding carboxylic acids is 1. The number of anilines is 1. The van der Waals surface area contributed by atoms with Crippen LogP contribution >= 0.6 is 0 Å². The molecular formula is C18H15FN2O2. The number of pyridine rings is 1. The quantitative estimate of drug-likeness (QED) is 0.790. The van der Waals surface area contributed by atoms with Crippen molar-refractivity contribution in [1.82, 2.24) is 4.57 Å². The second-order valence-electron chi connectivity index (χ2n) is 5.44. The third kappa shape index (κ3) is 2.73. The lowest BCUT2D eigenvalue weighted by Gasteiger charge is -2.10. The third-order valence-corrected chi connectivity index (χ3v) is 3.67. The van der Waals surface area contributed by atoms with Gasteiger partial charge in [0.15, 0.2) is 0 Å². The average Bonchev–Trinajstić information content (AvgIpc) is 2.50. The molecule has 0 aliphatic heterocycles. The summed E-state index contributed by atoms with van der Waals surface area (Å²) in [6, 6.07) is 11.5. The molecule has 3 rings (SSSR count). The summed E-state index contributed by atoms with van der Waals surface area (Å²) in [4.78, 5) is 24.9. The van der Waals surface area contributed by atoms with Gasteiger partial charge in [-0.2, -0.15) is 0 Å². The van der Waals surface area contributed by atoms with E-state index in [1.807, 2.05) is 25.1 Å². The molecule has 0 saturated carbocycles. The van der Waals surface area contributed by atoms with Crippen molar-refractivity contribution in [3.05, 3.63) is 75.8 Å². The molecule has 0 bridgehead atoms. The Morgan fingerprint density at radius 2 is 1.91 bits per heavy atom. The van der Waals surface area contributed by atoms with Crippen LogP contribution in [0.2, 0.25) is 0 Å². The van der Waals surface area contributed by atoms with Crippen LogP contribution in [0.15, 0.2) is 53.5 Å². The first-order valence-electron chi connectivity index (χ1n) is 7.13. The van der Waals surface area contributed by atoms with Crippen LogP contribution in [0.25, 0.3) is 10.9 Å². The van der Waals surface area contributed by atoms with Crippen LogP contribution in [0.5, 0.6) is 0 Å². The number of fused-ring (bicyclic) bond motifs is 1. The second kappa shape index (κ2) is 5.68. The molecule has 4 nitrogen and oxygen atoms in total. The minimum absolute atomic E-state index is 0.0212. The first kappa shape index (κ1) is 15.0. The van der Waals surface area contributed by atoms with Crippen LogP contribution < -0.4 is 10.7 Å². The van der Waals surface area contributed by atoms with Gasteiger partial charge in [-0.15, -0.1) is 0 Å². The molecule has 0 spiro atoms. The minimum Gasteiger partial charge on any atom is -0.347 e. The zero-order chi connectivity index (χ0) is 16.6. The van der Waals surface area contributed by atoms with E-state index in [-0.39, 0.29) is 16.5 Å². The second-order valence-corrected chi connectivity index (χ2v) is 5.44. The van der Waals surface area contributed by atoms with E-state index in [4.69, 9.17) is 0 Å². The molecule has 1 heterocycles. The molecule has 0 aliphatic rings. The number of hydrogen-bond acceptors (Lipinski definition) is 2. The fourth-order valence-electron chi connectivity index (χ4n) is 2.60. The van der Waals surface area contributed by atoms with Crippen LogP contribution in [0.4, 0.5) is 10.1 Å². The number of hydrogen-bond donors (Lipinski definition) is 1. The SMILES string of the molecule is Cc1cccc(NC(=O)c2cn(C)c3c(F)cccc3c2=O)c1. The molecule has 0 fully saturated rings. The topological polar surface area (TPSA) is 51.1 Å². The summed E-state index contributed by atoms with van der Waals surface area (Å²) in [5, 5.41) is 2.89. The predicted molar refractivity (Wildman–Crippen MR) is 88.3 cm³/mol. The van der Waals surface area contributed by atoms with Gasteiger partial charge in [0.25, 0.3) is 5.91 Å². The van der Waals surface area contributed by atoms with Crippen molar-refractivity contribution in [3.8, 4) is 0 Å². The molecule has 0 unspecified atom stereocenters. The number of halogens is 1. The summed E-state index contributed by atoms with van der Waals surface area (Å²) in [7, 11) is 1.61. The lowest BCUT2D eigenvalue weighted by molar-refractivity contribution is 0.102. The number of amides is 1. The minimum atomic E-state index is -0.512. The molecule has 1 aromatic heterocycles. The highest BCUT2D eigenvalue weighted by atomic mass is 19.1. The fraction of sp³-hybridized carbons (Fsp3) is 0.111. The van der Waals surface area contributed by atoms with Crippen molar-refractivity contribution >= 4 is 22.5 Å². The summed E-state index contributed by atoms with van der Waals surface area (Å²) in [6.45, 7) is 1.91. The molecule has 5 heteroatoms. The van der Waals surface area contributed by atoms with Gasteiger partial charge in [-0.25, -0.2) is 4.39 Å². The number of rotatable bonds is 2. The third-order valence-electron chi connectivity index (χ3n) is 3.67. The maximum Gasteiger partial charge on any atom is 0.261 e. The monoisotopic (exact) mass is 310 g/mol. The number of para-hydroxylation sites is 1. The lowest BCUT2D eigenvalue weighted by atomic mass is 10.1. The van der Waals surface area contributed by atoms with Gasteiger partial charge < -0.3 is 9.88 Å². The first-order valence-corrected chi connectivity index (χ1v) is 7.13.